The zero-order valence-corrected chi connectivity index (χ0v) is 11.9. The highest BCUT2D eigenvalue weighted by molar-refractivity contribution is 7.55. The zero-order chi connectivity index (χ0) is 17.1. The highest BCUT2D eigenvalue weighted by Gasteiger charge is 2.69. The maximum atomic E-state index is 11.6. The van der Waals surface area contributed by atoms with Crippen molar-refractivity contribution in [2.45, 2.75) is 5.34 Å². The van der Waals surface area contributed by atoms with E-state index < -0.39 is 45.2 Å². The molecule has 0 heterocycles. The van der Waals surface area contributed by atoms with Gasteiger partial charge in [0.1, 0.15) is 11.5 Å². The summed E-state index contributed by atoms with van der Waals surface area (Å²) in [6.45, 7) is -3.26. The second-order valence-electron chi connectivity index (χ2n) is 3.79. The number of nitriles is 1. The van der Waals surface area contributed by atoms with Crippen LogP contribution in [0.25, 0.3) is 0 Å². The third-order valence-electron chi connectivity index (χ3n) is 2.60. The minimum Gasteiger partial charge on any atom is -0.395 e. The molecule has 0 saturated carbocycles. The molecule has 0 aliphatic rings. The summed E-state index contributed by atoms with van der Waals surface area (Å²) in [6.07, 6.45) is -0.0861. The predicted molar refractivity (Wildman–Crippen MR) is 63.9 cm³/mol. The van der Waals surface area contributed by atoms with Crippen molar-refractivity contribution in [3.8, 4) is 6.07 Å². The fraction of sp³-hybridized carbons (Fsp3) is 0.571. The third kappa shape index (κ3) is 3.44. The van der Waals surface area contributed by atoms with E-state index in [9.17, 15) is 33.9 Å². The summed E-state index contributed by atoms with van der Waals surface area (Å²) in [5.74, 6) is -1.68. The first-order valence-corrected chi connectivity index (χ1v) is 8.01. The molecule has 120 valence electrons. The average molecular weight is 346 g/mol. The number of hydrogen-bond donors (Lipinski definition) is 7. The smallest absolute Gasteiger partial charge is 0.395 e. The molecule has 0 fully saturated rings. The molecule has 0 radical (unpaired) electrons. The van der Waals surface area contributed by atoms with E-state index in [1.54, 1.807) is 0 Å². The number of hydrogen-bond acceptors (Lipinski definition) is 8. The summed E-state index contributed by atoms with van der Waals surface area (Å²) >= 11 is 0. The van der Waals surface area contributed by atoms with Crippen LogP contribution in [0, 0.1) is 22.2 Å². The Morgan fingerprint density at radius 1 is 1.24 bits per heavy atom. The maximum Gasteiger partial charge on any atom is 0.471 e. The Kier molecular flexibility index (Phi) is 6.11. The lowest BCUT2D eigenvalue weighted by atomic mass is 9.79. The van der Waals surface area contributed by atoms with Gasteiger partial charge in [-0.3, -0.25) is 13.9 Å². The van der Waals surface area contributed by atoms with Crippen LogP contribution in [0.15, 0.2) is 0 Å². The summed E-state index contributed by atoms with van der Waals surface area (Å²) in [5, 5.41) is 30.2. The molecule has 0 aliphatic heterocycles. The molecule has 12 nitrogen and oxygen atoms in total. The Bertz CT molecular complexity index is 554. The standard InChI is InChI=1S/C7H12N2O10P2/c8-1-5(12)6(3-10,4-11)7(2-9,20(13,14)15)19-21(16,17)18/h1,8,10-11H,3-4H2,(H2,13,14,15)(H2,16,17,18). The van der Waals surface area contributed by atoms with Crippen LogP contribution in [0.5, 0.6) is 0 Å². The molecule has 14 heteroatoms. The van der Waals surface area contributed by atoms with Crippen LogP contribution >= 0.6 is 15.4 Å². The Morgan fingerprint density at radius 2 is 1.67 bits per heavy atom. The number of ketones is 1. The van der Waals surface area contributed by atoms with Crippen LogP contribution in [-0.4, -0.2) is 60.3 Å². The molecule has 0 spiro atoms. The van der Waals surface area contributed by atoms with Crippen LogP contribution in [0.4, 0.5) is 0 Å². The number of Topliss-reactive ketones (excluding diaryl/α,β-unsaturated/α-hetero) is 1. The Labute approximate surface area is 117 Å². The van der Waals surface area contributed by atoms with Gasteiger partial charge in [0.15, 0.2) is 5.78 Å². The number of phosphoric ester groups is 1. The average Bonchev–Trinajstić information content (AvgIpc) is 2.35. The molecule has 0 aromatic rings. The summed E-state index contributed by atoms with van der Waals surface area (Å²) in [5.41, 5.74) is -3.16. The van der Waals surface area contributed by atoms with Gasteiger partial charge in [0.2, 0.25) is 0 Å². The van der Waals surface area contributed by atoms with Crippen molar-refractivity contribution >= 4 is 27.4 Å². The van der Waals surface area contributed by atoms with Crippen molar-refractivity contribution in [3.05, 3.63) is 0 Å². The first-order valence-electron chi connectivity index (χ1n) is 4.87. The number of rotatable bonds is 8. The lowest BCUT2D eigenvalue weighted by Crippen LogP contribution is -2.58. The van der Waals surface area contributed by atoms with E-state index in [4.69, 9.17) is 20.5 Å². The van der Waals surface area contributed by atoms with Gasteiger partial charge in [-0.1, -0.05) is 0 Å². The first-order chi connectivity index (χ1) is 9.37. The number of carbonyl (C=O) groups is 1. The van der Waals surface area contributed by atoms with Crippen LogP contribution < -0.4 is 0 Å². The number of aliphatic hydroxyl groups excluding tert-OH is 2. The maximum absolute atomic E-state index is 11.6. The number of aliphatic hydroxyl groups is 2. The minimum atomic E-state index is -5.94. The van der Waals surface area contributed by atoms with E-state index in [1.807, 2.05) is 0 Å². The van der Waals surface area contributed by atoms with E-state index in [-0.39, 0.29) is 6.21 Å². The van der Waals surface area contributed by atoms with E-state index >= 15 is 0 Å². The van der Waals surface area contributed by atoms with E-state index in [1.165, 1.54) is 0 Å². The normalized spacial score (nSPS) is 15.9. The highest BCUT2D eigenvalue weighted by Crippen LogP contribution is 2.64. The lowest BCUT2D eigenvalue weighted by molar-refractivity contribution is -0.137. The molecule has 21 heavy (non-hydrogen) atoms. The summed E-state index contributed by atoms with van der Waals surface area (Å²) in [6, 6.07) is 0.748. The van der Waals surface area contributed by atoms with E-state index in [0.717, 1.165) is 6.07 Å². The first kappa shape index (κ1) is 20.0. The van der Waals surface area contributed by atoms with Crippen molar-refractivity contribution in [3.63, 3.8) is 0 Å². The molecule has 0 rings (SSSR count). The van der Waals surface area contributed by atoms with Gasteiger partial charge >= 0.3 is 15.4 Å². The van der Waals surface area contributed by atoms with Crippen LogP contribution in [0.3, 0.4) is 0 Å². The molecule has 0 aromatic heterocycles. The molecule has 7 N–H and O–H groups in total. The fourth-order valence-corrected chi connectivity index (χ4v) is 3.75. The Morgan fingerprint density at radius 3 is 1.86 bits per heavy atom. The van der Waals surface area contributed by atoms with Crippen molar-refractivity contribution < 1.29 is 48.2 Å². The Hall–Kier alpha value is -0.990. The van der Waals surface area contributed by atoms with Crippen LogP contribution in [0.2, 0.25) is 0 Å². The molecule has 1 unspecified atom stereocenters. The molecular weight excluding hydrogens is 334 g/mol. The molecular formula is C7H12N2O10P2. The summed E-state index contributed by atoms with van der Waals surface area (Å²) in [4.78, 5) is 47.5. The van der Waals surface area contributed by atoms with Crippen molar-refractivity contribution in [2.24, 2.45) is 5.41 Å². The lowest BCUT2D eigenvalue weighted by Gasteiger charge is -2.40. The van der Waals surface area contributed by atoms with Gasteiger partial charge in [0.25, 0.3) is 5.34 Å². The largest absolute Gasteiger partial charge is 0.471 e. The Balaban J connectivity index is 6.69. The van der Waals surface area contributed by atoms with Gasteiger partial charge < -0.3 is 35.2 Å². The van der Waals surface area contributed by atoms with Crippen LogP contribution in [-0.2, 0) is 18.4 Å². The quantitative estimate of drug-likeness (QED) is 0.182. The zero-order valence-electron chi connectivity index (χ0n) is 10.1. The van der Waals surface area contributed by atoms with Gasteiger partial charge in [-0.2, -0.15) is 5.26 Å². The number of carbonyl (C=O) groups excluding carboxylic acids is 1. The summed E-state index contributed by atoms with van der Waals surface area (Å²) < 4.78 is 26.2. The monoisotopic (exact) mass is 346 g/mol. The van der Waals surface area contributed by atoms with Gasteiger partial charge in [-0.05, 0) is 0 Å². The number of phosphoric acid groups is 1. The van der Waals surface area contributed by atoms with Crippen molar-refractivity contribution in [2.75, 3.05) is 13.2 Å². The second-order valence-corrected chi connectivity index (χ2v) is 6.67. The van der Waals surface area contributed by atoms with Crippen molar-refractivity contribution in [1.29, 1.82) is 10.7 Å². The van der Waals surface area contributed by atoms with Crippen molar-refractivity contribution in [1.82, 2.24) is 0 Å². The molecule has 1 atom stereocenters. The highest BCUT2D eigenvalue weighted by atomic mass is 31.2. The third-order valence-corrected chi connectivity index (χ3v) is 4.70. The number of nitrogens with zero attached hydrogens (tertiary/aromatic N) is 1. The predicted octanol–water partition coefficient (Wildman–Crippen LogP) is -2.32. The minimum absolute atomic E-state index is 0.0861. The topological polar surface area (TPSA) is 229 Å². The molecule has 0 amide bonds. The van der Waals surface area contributed by atoms with Gasteiger partial charge in [-0.25, -0.2) is 4.57 Å². The van der Waals surface area contributed by atoms with Gasteiger partial charge in [0, 0.05) is 0 Å². The molecule has 0 aliphatic carbocycles. The van der Waals surface area contributed by atoms with Crippen LogP contribution in [0.1, 0.15) is 0 Å². The molecule has 0 saturated heterocycles. The van der Waals surface area contributed by atoms with Gasteiger partial charge in [-0.15, -0.1) is 0 Å². The molecule has 0 aromatic carbocycles. The SMILES string of the molecule is N#CC(OP(=O)(O)O)(C(CO)(CO)C(=O)C=N)P(=O)(O)O. The fourth-order valence-electron chi connectivity index (χ4n) is 1.51. The molecule has 0 bridgehead atoms. The van der Waals surface area contributed by atoms with E-state index in [2.05, 4.69) is 4.52 Å². The second kappa shape index (κ2) is 6.41. The van der Waals surface area contributed by atoms with E-state index in [0.29, 0.717) is 0 Å². The number of nitrogens with one attached hydrogen (secondary N) is 1. The summed E-state index contributed by atoms with van der Waals surface area (Å²) in [7, 11) is -11.7. The van der Waals surface area contributed by atoms with Gasteiger partial charge in [0.05, 0.1) is 19.4 Å².